The Balaban J connectivity index is 1.11. The van der Waals surface area contributed by atoms with Crippen molar-refractivity contribution in [3.8, 4) is 11.5 Å². The first-order valence-electron chi connectivity index (χ1n) is 10.0. The number of carbonyl (C=O) groups is 1. The van der Waals surface area contributed by atoms with Crippen molar-refractivity contribution in [1.82, 2.24) is 9.80 Å². The first-order chi connectivity index (χ1) is 14.2. The van der Waals surface area contributed by atoms with Crippen molar-refractivity contribution in [3.63, 3.8) is 0 Å². The van der Waals surface area contributed by atoms with Crippen LogP contribution >= 0.6 is 0 Å². The molecule has 0 N–H and O–H groups in total. The van der Waals surface area contributed by atoms with Crippen LogP contribution in [0.3, 0.4) is 0 Å². The number of para-hydroxylation sites is 1. The molecule has 1 aromatic heterocycles. The lowest BCUT2D eigenvalue weighted by Gasteiger charge is -2.20. The number of likely N-dealkylation sites (N-methyl/N-ethyl adjacent to an activating group) is 1. The summed E-state index contributed by atoms with van der Waals surface area (Å²) in [6, 6.07) is 11.9. The SMILES string of the molecule is CN(CCCN1Cc2cc3c(cc2C1=O)OCO3)CCc1coc2ccccc12. The molecule has 2 aromatic carbocycles. The largest absolute Gasteiger partial charge is 0.464 e. The van der Waals surface area contributed by atoms with Crippen molar-refractivity contribution >= 4 is 16.9 Å². The molecule has 2 aliphatic rings. The van der Waals surface area contributed by atoms with E-state index in [1.54, 1.807) is 0 Å². The van der Waals surface area contributed by atoms with E-state index in [9.17, 15) is 4.79 Å². The van der Waals surface area contributed by atoms with Crippen LogP contribution in [0, 0.1) is 0 Å². The quantitative estimate of drug-likeness (QED) is 0.614. The summed E-state index contributed by atoms with van der Waals surface area (Å²) >= 11 is 0. The summed E-state index contributed by atoms with van der Waals surface area (Å²) in [5, 5.41) is 1.20. The number of fused-ring (bicyclic) bond motifs is 3. The number of carbonyl (C=O) groups excluding carboxylic acids is 1. The van der Waals surface area contributed by atoms with Crippen molar-refractivity contribution in [2.45, 2.75) is 19.4 Å². The highest BCUT2D eigenvalue weighted by atomic mass is 16.7. The summed E-state index contributed by atoms with van der Waals surface area (Å²) < 4.78 is 16.4. The predicted molar refractivity (Wildman–Crippen MR) is 109 cm³/mol. The Hall–Kier alpha value is -2.99. The first-order valence-corrected chi connectivity index (χ1v) is 10.0. The molecular weight excluding hydrogens is 368 g/mol. The van der Waals surface area contributed by atoms with Crippen molar-refractivity contribution in [2.75, 3.05) is 33.5 Å². The average Bonchev–Trinajstić information content (AvgIpc) is 3.43. The van der Waals surface area contributed by atoms with Crippen LogP contribution in [-0.4, -0.2) is 49.2 Å². The lowest BCUT2D eigenvalue weighted by Crippen LogP contribution is -2.29. The van der Waals surface area contributed by atoms with Gasteiger partial charge in [-0.25, -0.2) is 0 Å². The van der Waals surface area contributed by atoms with Crippen LogP contribution in [0.15, 0.2) is 47.1 Å². The first kappa shape index (κ1) is 18.1. The van der Waals surface area contributed by atoms with Gasteiger partial charge in [0.1, 0.15) is 5.58 Å². The highest BCUT2D eigenvalue weighted by molar-refractivity contribution is 5.99. The fourth-order valence-electron chi connectivity index (χ4n) is 4.12. The molecule has 0 spiro atoms. The lowest BCUT2D eigenvalue weighted by atomic mass is 10.1. The highest BCUT2D eigenvalue weighted by Gasteiger charge is 2.30. The van der Waals surface area contributed by atoms with Gasteiger partial charge in [0, 0.05) is 30.6 Å². The molecule has 5 rings (SSSR count). The number of hydrogen-bond acceptors (Lipinski definition) is 5. The van der Waals surface area contributed by atoms with Crippen LogP contribution in [0.5, 0.6) is 11.5 Å². The molecule has 0 bridgehead atoms. The van der Waals surface area contributed by atoms with E-state index in [2.05, 4.69) is 18.0 Å². The maximum absolute atomic E-state index is 12.7. The van der Waals surface area contributed by atoms with Gasteiger partial charge >= 0.3 is 0 Å². The fourth-order valence-corrected chi connectivity index (χ4v) is 4.12. The zero-order chi connectivity index (χ0) is 19.8. The van der Waals surface area contributed by atoms with E-state index in [-0.39, 0.29) is 12.7 Å². The number of hydrogen-bond donors (Lipinski definition) is 0. The summed E-state index contributed by atoms with van der Waals surface area (Å²) in [4.78, 5) is 16.9. The Morgan fingerprint density at radius 2 is 1.93 bits per heavy atom. The van der Waals surface area contributed by atoms with Crippen LogP contribution in [-0.2, 0) is 13.0 Å². The van der Waals surface area contributed by atoms with Gasteiger partial charge in [-0.05, 0) is 55.8 Å². The molecule has 0 aliphatic carbocycles. The number of furan rings is 1. The van der Waals surface area contributed by atoms with E-state index >= 15 is 0 Å². The van der Waals surface area contributed by atoms with Gasteiger partial charge < -0.3 is 23.7 Å². The molecule has 0 fully saturated rings. The Kier molecular flexibility index (Phi) is 4.64. The predicted octanol–water partition coefficient (Wildman–Crippen LogP) is 3.68. The molecule has 0 saturated carbocycles. The van der Waals surface area contributed by atoms with E-state index < -0.39 is 0 Å². The zero-order valence-corrected chi connectivity index (χ0v) is 16.5. The third-order valence-electron chi connectivity index (χ3n) is 5.77. The molecule has 2 aliphatic heterocycles. The molecular formula is C23H24N2O4. The summed E-state index contributed by atoms with van der Waals surface area (Å²) in [6.45, 7) is 3.53. The highest BCUT2D eigenvalue weighted by Crippen LogP contribution is 2.38. The second-order valence-electron chi connectivity index (χ2n) is 7.75. The monoisotopic (exact) mass is 392 g/mol. The molecule has 29 heavy (non-hydrogen) atoms. The van der Waals surface area contributed by atoms with E-state index in [4.69, 9.17) is 13.9 Å². The number of amides is 1. The average molecular weight is 392 g/mol. The van der Waals surface area contributed by atoms with Crippen molar-refractivity contribution in [1.29, 1.82) is 0 Å². The minimum atomic E-state index is 0.0887. The Bertz CT molecular complexity index is 1060. The van der Waals surface area contributed by atoms with Crippen molar-refractivity contribution < 1.29 is 18.7 Å². The second-order valence-corrected chi connectivity index (χ2v) is 7.75. The maximum atomic E-state index is 12.7. The fraction of sp³-hybridized carbons (Fsp3) is 0.348. The summed E-state index contributed by atoms with van der Waals surface area (Å²) in [7, 11) is 2.13. The molecule has 6 nitrogen and oxygen atoms in total. The van der Waals surface area contributed by atoms with Gasteiger partial charge in [-0.2, -0.15) is 0 Å². The van der Waals surface area contributed by atoms with Crippen LogP contribution in [0.4, 0.5) is 0 Å². The van der Waals surface area contributed by atoms with Gasteiger partial charge in [0.2, 0.25) is 6.79 Å². The molecule has 0 unspecified atom stereocenters. The number of ether oxygens (including phenoxy) is 2. The van der Waals surface area contributed by atoms with E-state index in [1.807, 2.05) is 41.5 Å². The molecule has 150 valence electrons. The minimum Gasteiger partial charge on any atom is -0.464 e. The van der Waals surface area contributed by atoms with Crippen LogP contribution in [0.1, 0.15) is 27.9 Å². The third-order valence-corrected chi connectivity index (χ3v) is 5.77. The van der Waals surface area contributed by atoms with Gasteiger partial charge in [0.25, 0.3) is 5.91 Å². The minimum absolute atomic E-state index is 0.0887. The van der Waals surface area contributed by atoms with Crippen molar-refractivity contribution in [3.05, 3.63) is 59.4 Å². The Labute approximate surface area is 169 Å². The Morgan fingerprint density at radius 1 is 1.10 bits per heavy atom. The van der Waals surface area contributed by atoms with Gasteiger partial charge in [-0.3, -0.25) is 4.79 Å². The number of rotatable bonds is 7. The lowest BCUT2D eigenvalue weighted by molar-refractivity contribution is 0.0771. The van der Waals surface area contributed by atoms with Crippen LogP contribution in [0.25, 0.3) is 11.0 Å². The molecule has 0 radical (unpaired) electrons. The number of nitrogens with zero attached hydrogens (tertiary/aromatic N) is 2. The van der Waals surface area contributed by atoms with E-state index in [1.165, 1.54) is 10.9 Å². The van der Waals surface area contributed by atoms with Crippen LogP contribution in [0.2, 0.25) is 0 Å². The van der Waals surface area contributed by atoms with Crippen LogP contribution < -0.4 is 9.47 Å². The Morgan fingerprint density at radius 3 is 2.83 bits per heavy atom. The summed E-state index contributed by atoms with van der Waals surface area (Å²) in [5.74, 6) is 1.50. The molecule has 3 heterocycles. The molecule has 0 saturated heterocycles. The smallest absolute Gasteiger partial charge is 0.254 e. The third kappa shape index (κ3) is 3.44. The maximum Gasteiger partial charge on any atom is 0.254 e. The van der Waals surface area contributed by atoms with Gasteiger partial charge in [-0.15, -0.1) is 0 Å². The standard InChI is InChI=1S/C23H24N2O4/c1-24(10-7-16-14-27-20-6-3-2-5-18(16)20)8-4-9-25-13-17-11-21-22(29-15-28-21)12-19(17)23(25)26/h2-3,5-6,11-12,14H,4,7-10,13,15H2,1H3. The normalized spacial score (nSPS) is 15.0. The summed E-state index contributed by atoms with van der Waals surface area (Å²) in [5.41, 5.74) is 3.96. The van der Waals surface area contributed by atoms with E-state index in [0.717, 1.165) is 54.9 Å². The van der Waals surface area contributed by atoms with Crippen molar-refractivity contribution in [2.24, 2.45) is 0 Å². The summed E-state index contributed by atoms with van der Waals surface area (Å²) in [6.07, 6.45) is 3.76. The topological polar surface area (TPSA) is 55.2 Å². The van der Waals surface area contributed by atoms with Gasteiger partial charge in [0.05, 0.1) is 6.26 Å². The molecule has 1 amide bonds. The van der Waals surface area contributed by atoms with Gasteiger partial charge in [0.15, 0.2) is 11.5 Å². The molecule has 3 aromatic rings. The molecule has 6 heteroatoms. The number of benzene rings is 2. The second kappa shape index (κ2) is 7.44. The van der Waals surface area contributed by atoms with E-state index in [0.29, 0.717) is 12.3 Å². The zero-order valence-electron chi connectivity index (χ0n) is 16.5. The molecule has 0 atom stereocenters. The van der Waals surface area contributed by atoms with Gasteiger partial charge in [-0.1, -0.05) is 18.2 Å².